The molecule has 0 bridgehead atoms. The lowest BCUT2D eigenvalue weighted by molar-refractivity contribution is 0.419. The van der Waals surface area contributed by atoms with Crippen molar-refractivity contribution in [2.24, 2.45) is 0 Å². The van der Waals surface area contributed by atoms with E-state index in [0.29, 0.717) is 0 Å². The number of aromatic nitrogens is 3. The van der Waals surface area contributed by atoms with Gasteiger partial charge in [0.05, 0.1) is 17.3 Å². The van der Waals surface area contributed by atoms with Crippen molar-refractivity contribution in [1.29, 1.82) is 0 Å². The van der Waals surface area contributed by atoms with Crippen LogP contribution in [-0.2, 0) is 0 Å². The Morgan fingerprint density at radius 2 is 0.889 bits per heavy atom. The molecule has 0 aliphatic rings. The normalized spacial score (nSPS) is 13.8. The second kappa shape index (κ2) is 5.81. The number of allylic oxidation sites excluding steroid dienone is 3. The summed E-state index contributed by atoms with van der Waals surface area (Å²) >= 11 is 0. The van der Waals surface area contributed by atoms with E-state index in [1.807, 2.05) is 0 Å². The summed E-state index contributed by atoms with van der Waals surface area (Å²) in [6.07, 6.45) is 4.07. The number of aliphatic hydroxyl groups is 3. The number of rotatable bonds is 3. The maximum atomic E-state index is 9.18. The fraction of sp³-hybridized carbons (Fsp3) is 0.250. The van der Waals surface area contributed by atoms with E-state index in [0.717, 1.165) is 0 Å². The molecule has 1 aromatic heterocycles. The van der Waals surface area contributed by atoms with Crippen LogP contribution in [0.1, 0.15) is 38.2 Å². The zero-order valence-corrected chi connectivity index (χ0v) is 10.4. The maximum absolute atomic E-state index is 9.18. The van der Waals surface area contributed by atoms with Gasteiger partial charge in [0.1, 0.15) is 0 Å². The molecule has 18 heavy (non-hydrogen) atoms. The third-order valence-corrected chi connectivity index (χ3v) is 1.70. The fourth-order valence-corrected chi connectivity index (χ4v) is 1.18. The van der Waals surface area contributed by atoms with Crippen LogP contribution in [0, 0.1) is 0 Å². The standard InChI is InChI=1S/C12H15N3O3/c1-7(16)4-10-13-11(5-8(2)17)15-12(14-10)6-9(3)18/h4-6,16-18H,1-3H3. The Bertz CT molecular complexity index is 433. The van der Waals surface area contributed by atoms with Gasteiger partial charge in [0, 0.05) is 18.2 Å². The first-order chi connectivity index (χ1) is 8.36. The van der Waals surface area contributed by atoms with Crippen molar-refractivity contribution < 1.29 is 15.3 Å². The molecule has 96 valence electrons. The van der Waals surface area contributed by atoms with Crippen LogP contribution in [0.2, 0.25) is 0 Å². The van der Waals surface area contributed by atoms with Gasteiger partial charge in [-0.3, -0.25) is 0 Å². The average Bonchev–Trinajstić information content (AvgIpc) is 2.12. The third kappa shape index (κ3) is 4.65. The van der Waals surface area contributed by atoms with Crippen LogP contribution in [0.25, 0.3) is 18.2 Å². The Labute approximate surface area is 105 Å². The topological polar surface area (TPSA) is 99.4 Å². The van der Waals surface area contributed by atoms with Gasteiger partial charge in [0.2, 0.25) is 0 Å². The molecule has 3 N–H and O–H groups in total. The highest BCUT2D eigenvalue weighted by Gasteiger charge is 2.03. The van der Waals surface area contributed by atoms with Crippen molar-refractivity contribution in [3.05, 3.63) is 34.8 Å². The van der Waals surface area contributed by atoms with Crippen molar-refractivity contribution >= 4 is 18.2 Å². The van der Waals surface area contributed by atoms with Gasteiger partial charge in [-0.1, -0.05) is 0 Å². The second-order valence-corrected chi connectivity index (χ2v) is 3.77. The first-order valence-corrected chi connectivity index (χ1v) is 5.24. The largest absolute Gasteiger partial charge is 0.512 e. The smallest absolute Gasteiger partial charge is 0.160 e. The monoisotopic (exact) mass is 249 g/mol. The highest BCUT2D eigenvalue weighted by Crippen LogP contribution is 2.06. The molecule has 0 saturated carbocycles. The van der Waals surface area contributed by atoms with Crippen LogP contribution in [0.5, 0.6) is 0 Å². The van der Waals surface area contributed by atoms with Gasteiger partial charge in [-0.15, -0.1) is 0 Å². The molecule has 0 aliphatic heterocycles. The number of hydrogen-bond donors (Lipinski definition) is 3. The van der Waals surface area contributed by atoms with Crippen molar-refractivity contribution in [2.75, 3.05) is 0 Å². The lowest BCUT2D eigenvalue weighted by atomic mass is 10.4. The summed E-state index contributed by atoms with van der Waals surface area (Å²) in [6, 6.07) is 0. The molecular weight excluding hydrogens is 234 g/mol. The van der Waals surface area contributed by atoms with Gasteiger partial charge in [0.25, 0.3) is 0 Å². The summed E-state index contributed by atoms with van der Waals surface area (Å²) in [4.78, 5) is 12.0. The molecule has 0 aliphatic carbocycles. The summed E-state index contributed by atoms with van der Waals surface area (Å²) in [6.45, 7) is 4.47. The van der Waals surface area contributed by atoms with Gasteiger partial charge in [-0.2, -0.15) is 0 Å². The summed E-state index contributed by atoms with van der Waals surface area (Å²) < 4.78 is 0. The van der Waals surface area contributed by atoms with Gasteiger partial charge in [-0.05, 0) is 20.8 Å². The lowest BCUT2D eigenvalue weighted by Crippen LogP contribution is -2.00. The summed E-state index contributed by atoms with van der Waals surface area (Å²) in [5.74, 6) is 0.868. The minimum Gasteiger partial charge on any atom is -0.512 e. The number of nitrogens with zero attached hydrogens (tertiary/aromatic N) is 3. The molecule has 0 aromatic carbocycles. The molecule has 0 spiro atoms. The van der Waals surface area contributed by atoms with Crippen LogP contribution in [-0.4, -0.2) is 30.3 Å². The van der Waals surface area contributed by atoms with Crippen LogP contribution in [0.4, 0.5) is 0 Å². The van der Waals surface area contributed by atoms with Crippen LogP contribution in [0.3, 0.4) is 0 Å². The van der Waals surface area contributed by atoms with Gasteiger partial charge in [0.15, 0.2) is 17.5 Å². The minimum atomic E-state index is 0.0486. The Morgan fingerprint density at radius 1 is 0.667 bits per heavy atom. The van der Waals surface area contributed by atoms with E-state index in [4.69, 9.17) is 0 Å². The molecule has 0 unspecified atom stereocenters. The van der Waals surface area contributed by atoms with Crippen LogP contribution < -0.4 is 0 Å². The van der Waals surface area contributed by atoms with E-state index in [1.165, 1.54) is 39.0 Å². The van der Waals surface area contributed by atoms with Gasteiger partial charge >= 0.3 is 0 Å². The molecule has 0 saturated heterocycles. The van der Waals surface area contributed by atoms with Crippen molar-refractivity contribution in [2.45, 2.75) is 20.8 Å². The first-order valence-electron chi connectivity index (χ1n) is 5.24. The van der Waals surface area contributed by atoms with Crippen molar-refractivity contribution in [3.8, 4) is 0 Å². The minimum absolute atomic E-state index is 0.0486. The second-order valence-electron chi connectivity index (χ2n) is 3.77. The van der Waals surface area contributed by atoms with Crippen molar-refractivity contribution in [3.63, 3.8) is 0 Å². The molecule has 6 nitrogen and oxygen atoms in total. The summed E-state index contributed by atoms with van der Waals surface area (Å²) in [7, 11) is 0. The lowest BCUT2D eigenvalue weighted by Gasteiger charge is -2.00. The first kappa shape index (κ1) is 13.7. The molecule has 0 atom stereocenters. The number of aliphatic hydroxyl groups excluding tert-OH is 3. The van der Waals surface area contributed by atoms with E-state index >= 15 is 0 Å². The Morgan fingerprint density at radius 3 is 1.06 bits per heavy atom. The van der Waals surface area contributed by atoms with E-state index in [-0.39, 0.29) is 34.8 Å². The highest BCUT2D eigenvalue weighted by molar-refractivity contribution is 5.51. The average molecular weight is 249 g/mol. The SMILES string of the molecule is CC(O)=Cc1nc(C=C(C)O)nc(C=C(C)O)n1. The van der Waals surface area contributed by atoms with Gasteiger partial charge < -0.3 is 15.3 Å². The van der Waals surface area contributed by atoms with E-state index in [9.17, 15) is 15.3 Å². The van der Waals surface area contributed by atoms with Crippen molar-refractivity contribution in [1.82, 2.24) is 15.0 Å². The van der Waals surface area contributed by atoms with E-state index < -0.39 is 0 Å². The zero-order chi connectivity index (χ0) is 13.7. The predicted molar refractivity (Wildman–Crippen MR) is 68.7 cm³/mol. The Balaban J connectivity index is 3.33. The van der Waals surface area contributed by atoms with Gasteiger partial charge in [-0.25, -0.2) is 15.0 Å². The molecule has 0 fully saturated rings. The summed E-state index contributed by atoms with van der Waals surface area (Å²) in [5, 5.41) is 27.5. The van der Waals surface area contributed by atoms with Crippen LogP contribution >= 0.6 is 0 Å². The molecule has 0 radical (unpaired) electrons. The molecule has 6 heteroatoms. The molecule has 1 aromatic rings. The molecule has 1 heterocycles. The Kier molecular flexibility index (Phi) is 4.42. The Hall–Kier alpha value is -2.37. The number of hydrogen-bond acceptors (Lipinski definition) is 6. The third-order valence-electron chi connectivity index (χ3n) is 1.70. The van der Waals surface area contributed by atoms with E-state index in [1.54, 1.807) is 0 Å². The quantitative estimate of drug-likeness (QED) is 0.712. The molecule has 1 rings (SSSR count). The summed E-state index contributed by atoms with van der Waals surface area (Å²) in [5.41, 5.74) is 0. The molecular formula is C12H15N3O3. The molecule has 0 amide bonds. The highest BCUT2D eigenvalue weighted by atomic mass is 16.3. The zero-order valence-electron chi connectivity index (χ0n) is 10.4. The maximum Gasteiger partial charge on any atom is 0.160 e. The predicted octanol–water partition coefficient (Wildman–Crippen LogP) is 2.63. The fourth-order valence-electron chi connectivity index (χ4n) is 1.18. The van der Waals surface area contributed by atoms with E-state index in [2.05, 4.69) is 15.0 Å². The van der Waals surface area contributed by atoms with Crippen LogP contribution in [0.15, 0.2) is 17.3 Å².